The van der Waals surface area contributed by atoms with Crippen LogP contribution in [0, 0.1) is 11.6 Å². The maximum absolute atomic E-state index is 13.0. The quantitative estimate of drug-likeness (QED) is 0.483. The fraction of sp³-hybridized carbons (Fsp3) is 0.529. The van der Waals surface area contributed by atoms with Gasteiger partial charge in [-0.05, 0) is 30.5 Å². The van der Waals surface area contributed by atoms with Crippen LogP contribution in [0.2, 0.25) is 0 Å². The summed E-state index contributed by atoms with van der Waals surface area (Å²) in [6, 6.07) is 3.31. The Labute approximate surface area is 134 Å². The highest BCUT2D eigenvalue weighted by Crippen LogP contribution is 2.10. The van der Waals surface area contributed by atoms with Gasteiger partial charge in [-0.3, -0.25) is 9.59 Å². The van der Waals surface area contributed by atoms with Gasteiger partial charge in [-0.1, -0.05) is 25.8 Å². The first-order chi connectivity index (χ1) is 11.0. The van der Waals surface area contributed by atoms with Crippen LogP contribution >= 0.6 is 0 Å². The lowest BCUT2D eigenvalue weighted by Gasteiger charge is -2.06. The van der Waals surface area contributed by atoms with Crippen molar-refractivity contribution in [2.45, 2.75) is 52.1 Å². The number of benzene rings is 1. The first kappa shape index (κ1) is 19.1. The number of rotatable bonds is 10. The van der Waals surface area contributed by atoms with Crippen LogP contribution in [-0.4, -0.2) is 18.5 Å². The molecule has 1 aromatic carbocycles. The zero-order valence-electron chi connectivity index (χ0n) is 13.3. The molecule has 23 heavy (non-hydrogen) atoms. The lowest BCUT2D eigenvalue weighted by molar-refractivity contribution is -0.146. The molecule has 0 aliphatic rings. The summed E-state index contributed by atoms with van der Waals surface area (Å²) in [6.07, 6.45) is 3.49. The number of hydrogen-bond donors (Lipinski definition) is 0. The molecule has 0 saturated carbocycles. The molecule has 6 heteroatoms. The van der Waals surface area contributed by atoms with Gasteiger partial charge in [0.15, 0.2) is 11.6 Å². The summed E-state index contributed by atoms with van der Waals surface area (Å²) in [5.74, 6) is -2.75. The number of unbranched alkanes of at least 4 members (excludes halogenated alkanes) is 2. The summed E-state index contributed by atoms with van der Waals surface area (Å²) >= 11 is 0. The summed E-state index contributed by atoms with van der Waals surface area (Å²) in [7, 11) is 0. The fourth-order valence-corrected chi connectivity index (χ4v) is 1.85. The molecule has 128 valence electrons. The number of carbonyl (C=O) groups is 2. The molecule has 0 spiro atoms. The Hall–Kier alpha value is -1.98. The monoisotopic (exact) mass is 328 g/mol. The van der Waals surface area contributed by atoms with Gasteiger partial charge >= 0.3 is 11.9 Å². The second-order valence-corrected chi connectivity index (χ2v) is 5.19. The van der Waals surface area contributed by atoms with Crippen molar-refractivity contribution < 1.29 is 27.8 Å². The lowest BCUT2D eigenvalue weighted by Crippen LogP contribution is -2.09. The van der Waals surface area contributed by atoms with Crippen molar-refractivity contribution in [2.75, 3.05) is 6.61 Å². The fourth-order valence-electron chi connectivity index (χ4n) is 1.85. The largest absolute Gasteiger partial charge is 0.466 e. The maximum Gasteiger partial charge on any atom is 0.306 e. The third-order valence-electron chi connectivity index (χ3n) is 3.16. The van der Waals surface area contributed by atoms with Crippen molar-refractivity contribution in [1.29, 1.82) is 0 Å². The number of halogens is 2. The van der Waals surface area contributed by atoms with Crippen molar-refractivity contribution >= 4 is 11.9 Å². The molecule has 0 aliphatic heterocycles. The van der Waals surface area contributed by atoms with Gasteiger partial charge in [0.2, 0.25) is 0 Å². The van der Waals surface area contributed by atoms with E-state index in [1.54, 1.807) is 0 Å². The van der Waals surface area contributed by atoms with Crippen LogP contribution in [0.1, 0.15) is 51.0 Å². The number of esters is 2. The Morgan fingerprint density at radius 2 is 1.65 bits per heavy atom. The molecule has 0 N–H and O–H groups in total. The third kappa shape index (κ3) is 8.28. The molecular formula is C17H22F2O4. The van der Waals surface area contributed by atoms with E-state index in [4.69, 9.17) is 9.47 Å². The Morgan fingerprint density at radius 3 is 2.30 bits per heavy atom. The van der Waals surface area contributed by atoms with Crippen molar-refractivity contribution in [3.63, 3.8) is 0 Å². The second-order valence-electron chi connectivity index (χ2n) is 5.19. The van der Waals surface area contributed by atoms with Crippen LogP contribution in [0.4, 0.5) is 8.78 Å². The Morgan fingerprint density at radius 1 is 0.957 bits per heavy atom. The number of carbonyl (C=O) groups excluding carboxylic acids is 2. The molecule has 0 aliphatic carbocycles. The van der Waals surface area contributed by atoms with Crippen molar-refractivity contribution in [1.82, 2.24) is 0 Å². The van der Waals surface area contributed by atoms with Crippen molar-refractivity contribution in [3.8, 4) is 0 Å². The zero-order valence-corrected chi connectivity index (χ0v) is 13.3. The average molecular weight is 328 g/mol. The minimum Gasteiger partial charge on any atom is -0.466 e. The van der Waals surface area contributed by atoms with Gasteiger partial charge < -0.3 is 9.47 Å². The summed E-state index contributed by atoms with van der Waals surface area (Å²) in [5.41, 5.74) is 0.368. The van der Waals surface area contributed by atoms with Crippen LogP contribution in [0.3, 0.4) is 0 Å². The first-order valence-electron chi connectivity index (χ1n) is 7.78. The topological polar surface area (TPSA) is 52.6 Å². The van der Waals surface area contributed by atoms with E-state index in [9.17, 15) is 18.4 Å². The van der Waals surface area contributed by atoms with Gasteiger partial charge in [0.1, 0.15) is 6.61 Å². The molecule has 0 bridgehead atoms. The average Bonchev–Trinajstić information content (AvgIpc) is 2.53. The molecule has 0 saturated heterocycles. The smallest absolute Gasteiger partial charge is 0.306 e. The molecule has 1 aromatic rings. The summed E-state index contributed by atoms with van der Waals surface area (Å²) in [5, 5.41) is 0. The number of ether oxygens (including phenoxy) is 2. The van der Waals surface area contributed by atoms with Gasteiger partial charge in [-0.15, -0.1) is 0 Å². The summed E-state index contributed by atoms with van der Waals surface area (Å²) in [6.45, 7) is 2.35. The SMILES string of the molecule is CCCCCOC(=O)CCCC(=O)OCc1ccc(F)c(F)c1. The van der Waals surface area contributed by atoms with E-state index in [1.807, 2.05) is 0 Å². The van der Waals surface area contributed by atoms with E-state index in [1.165, 1.54) is 6.07 Å². The molecule has 0 amide bonds. The predicted molar refractivity (Wildman–Crippen MR) is 80.5 cm³/mol. The van der Waals surface area contributed by atoms with Crippen molar-refractivity contribution in [2.24, 2.45) is 0 Å². The van der Waals surface area contributed by atoms with Gasteiger partial charge in [0.25, 0.3) is 0 Å². The van der Waals surface area contributed by atoms with Crippen LogP contribution in [-0.2, 0) is 25.7 Å². The number of hydrogen-bond acceptors (Lipinski definition) is 4. The standard InChI is InChI=1S/C17H22F2O4/c1-2-3-4-10-22-16(20)6-5-7-17(21)23-12-13-8-9-14(18)15(19)11-13/h8-9,11H,2-7,10,12H2,1H3. The molecular weight excluding hydrogens is 306 g/mol. The van der Waals surface area contributed by atoms with E-state index in [0.717, 1.165) is 31.4 Å². The zero-order chi connectivity index (χ0) is 17.1. The van der Waals surface area contributed by atoms with Crippen LogP contribution in [0.5, 0.6) is 0 Å². The normalized spacial score (nSPS) is 10.4. The van der Waals surface area contributed by atoms with Gasteiger partial charge in [0, 0.05) is 12.8 Å². The van der Waals surface area contributed by atoms with Crippen LogP contribution < -0.4 is 0 Å². The van der Waals surface area contributed by atoms with Crippen LogP contribution in [0.15, 0.2) is 18.2 Å². The summed E-state index contributed by atoms with van der Waals surface area (Å²) in [4.78, 5) is 22.9. The highest BCUT2D eigenvalue weighted by atomic mass is 19.2. The highest BCUT2D eigenvalue weighted by Gasteiger charge is 2.09. The maximum atomic E-state index is 13.0. The predicted octanol–water partition coefficient (Wildman–Crippen LogP) is 3.91. The second kappa shape index (κ2) is 10.7. The summed E-state index contributed by atoms with van der Waals surface area (Å²) < 4.78 is 35.7. The Balaban J connectivity index is 2.14. The van der Waals surface area contributed by atoms with E-state index >= 15 is 0 Å². The molecule has 4 nitrogen and oxygen atoms in total. The van der Waals surface area contributed by atoms with E-state index in [0.29, 0.717) is 18.6 Å². The van der Waals surface area contributed by atoms with Gasteiger partial charge in [0.05, 0.1) is 6.61 Å². The van der Waals surface area contributed by atoms with E-state index < -0.39 is 17.6 Å². The third-order valence-corrected chi connectivity index (χ3v) is 3.16. The molecule has 0 atom stereocenters. The van der Waals surface area contributed by atoms with E-state index in [-0.39, 0.29) is 25.4 Å². The Kier molecular flexibility index (Phi) is 8.87. The van der Waals surface area contributed by atoms with Gasteiger partial charge in [-0.25, -0.2) is 8.78 Å². The van der Waals surface area contributed by atoms with Crippen LogP contribution in [0.25, 0.3) is 0 Å². The molecule has 0 fully saturated rings. The van der Waals surface area contributed by atoms with Gasteiger partial charge in [-0.2, -0.15) is 0 Å². The van der Waals surface area contributed by atoms with E-state index in [2.05, 4.69) is 6.92 Å². The molecule has 0 radical (unpaired) electrons. The molecule has 0 aromatic heterocycles. The lowest BCUT2D eigenvalue weighted by atomic mass is 10.2. The Bertz CT molecular complexity index is 517. The van der Waals surface area contributed by atoms with Crippen molar-refractivity contribution in [3.05, 3.63) is 35.4 Å². The molecule has 1 rings (SSSR count). The minimum atomic E-state index is -0.982. The minimum absolute atomic E-state index is 0.0771. The molecule has 0 unspecified atom stereocenters. The molecule has 0 heterocycles. The first-order valence-corrected chi connectivity index (χ1v) is 7.78. The highest BCUT2D eigenvalue weighted by molar-refractivity contribution is 5.72.